The van der Waals surface area contributed by atoms with Crippen LogP contribution in [-0.4, -0.2) is 32.4 Å². The van der Waals surface area contributed by atoms with E-state index in [2.05, 4.69) is 0 Å². The summed E-state index contributed by atoms with van der Waals surface area (Å²) in [4.78, 5) is 25.7. The SMILES string of the molecule is Cc1c(C(=O)OCc2ccccc2)c(=O)n(-c2ccccc2)n1CC(O)CCl. The van der Waals surface area contributed by atoms with Crippen molar-refractivity contribution in [2.75, 3.05) is 5.88 Å². The smallest absolute Gasteiger partial charge is 0.346 e. The Hall–Kier alpha value is -2.83. The van der Waals surface area contributed by atoms with E-state index in [1.54, 1.807) is 35.9 Å². The Morgan fingerprint density at radius 3 is 2.32 bits per heavy atom. The Bertz CT molecular complexity index is 996. The first-order chi connectivity index (χ1) is 13.5. The van der Waals surface area contributed by atoms with Gasteiger partial charge in [0.05, 0.1) is 29.9 Å². The molecule has 0 amide bonds. The Balaban J connectivity index is 1.99. The quantitative estimate of drug-likeness (QED) is 0.489. The van der Waals surface area contributed by atoms with Gasteiger partial charge in [-0.25, -0.2) is 9.48 Å². The maximum atomic E-state index is 13.1. The second-order valence-corrected chi connectivity index (χ2v) is 6.67. The number of para-hydroxylation sites is 1. The molecule has 7 heteroatoms. The van der Waals surface area contributed by atoms with E-state index in [-0.39, 0.29) is 24.6 Å². The molecule has 28 heavy (non-hydrogen) atoms. The molecule has 1 N–H and O–H groups in total. The number of aromatic nitrogens is 2. The fourth-order valence-corrected chi connectivity index (χ4v) is 3.07. The van der Waals surface area contributed by atoms with E-state index in [1.165, 1.54) is 4.68 Å². The van der Waals surface area contributed by atoms with Crippen LogP contribution in [0.2, 0.25) is 0 Å². The highest BCUT2D eigenvalue weighted by molar-refractivity contribution is 6.18. The first-order valence-corrected chi connectivity index (χ1v) is 9.39. The van der Waals surface area contributed by atoms with Crippen LogP contribution in [0.4, 0.5) is 0 Å². The van der Waals surface area contributed by atoms with Gasteiger partial charge >= 0.3 is 5.97 Å². The molecule has 0 spiro atoms. The zero-order valence-electron chi connectivity index (χ0n) is 15.4. The van der Waals surface area contributed by atoms with Crippen molar-refractivity contribution < 1.29 is 14.6 Å². The molecule has 0 bridgehead atoms. The van der Waals surface area contributed by atoms with Gasteiger partial charge in [0.2, 0.25) is 0 Å². The first kappa shape index (κ1) is 19.9. The molecule has 1 unspecified atom stereocenters. The number of rotatable bonds is 7. The van der Waals surface area contributed by atoms with Crippen LogP contribution in [0.25, 0.3) is 5.69 Å². The summed E-state index contributed by atoms with van der Waals surface area (Å²) >= 11 is 5.74. The van der Waals surface area contributed by atoms with Gasteiger partial charge in [-0.1, -0.05) is 48.5 Å². The molecule has 0 aliphatic rings. The Morgan fingerprint density at radius 1 is 1.11 bits per heavy atom. The van der Waals surface area contributed by atoms with Crippen LogP contribution in [0, 0.1) is 6.92 Å². The number of alkyl halides is 1. The second-order valence-electron chi connectivity index (χ2n) is 6.36. The van der Waals surface area contributed by atoms with Gasteiger partial charge in [-0.2, -0.15) is 0 Å². The minimum atomic E-state index is -0.865. The van der Waals surface area contributed by atoms with Crippen LogP contribution in [0.1, 0.15) is 21.6 Å². The summed E-state index contributed by atoms with van der Waals surface area (Å²) in [5.41, 5.74) is 1.27. The van der Waals surface area contributed by atoms with Crippen molar-refractivity contribution in [3.63, 3.8) is 0 Å². The summed E-state index contributed by atoms with van der Waals surface area (Å²) in [6.45, 7) is 1.80. The van der Waals surface area contributed by atoms with E-state index < -0.39 is 17.6 Å². The molecule has 0 fully saturated rings. The monoisotopic (exact) mass is 400 g/mol. The molecular formula is C21H21ClN2O4. The number of aliphatic hydroxyl groups is 1. The number of ether oxygens (including phenoxy) is 1. The predicted molar refractivity (Wildman–Crippen MR) is 107 cm³/mol. The van der Waals surface area contributed by atoms with Crippen LogP contribution >= 0.6 is 11.6 Å². The minimum Gasteiger partial charge on any atom is -0.457 e. The van der Waals surface area contributed by atoms with Crippen molar-refractivity contribution in [2.45, 2.75) is 26.2 Å². The lowest BCUT2D eigenvalue weighted by molar-refractivity contribution is 0.0470. The number of aliphatic hydroxyl groups excluding tert-OH is 1. The normalized spacial score (nSPS) is 12.0. The van der Waals surface area contributed by atoms with Crippen molar-refractivity contribution >= 4 is 17.6 Å². The molecule has 0 saturated heterocycles. The van der Waals surface area contributed by atoms with E-state index >= 15 is 0 Å². The highest BCUT2D eigenvalue weighted by Gasteiger charge is 2.25. The lowest BCUT2D eigenvalue weighted by Gasteiger charge is -2.16. The Morgan fingerprint density at radius 2 is 1.71 bits per heavy atom. The van der Waals surface area contributed by atoms with Gasteiger partial charge in [0.15, 0.2) is 0 Å². The van der Waals surface area contributed by atoms with Crippen molar-refractivity contribution in [2.24, 2.45) is 0 Å². The lowest BCUT2D eigenvalue weighted by Crippen LogP contribution is -2.28. The third kappa shape index (κ3) is 4.18. The van der Waals surface area contributed by atoms with E-state index in [9.17, 15) is 14.7 Å². The zero-order valence-corrected chi connectivity index (χ0v) is 16.2. The molecule has 146 valence electrons. The fourth-order valence-electron chi connectivity index (χ4n) is 2.97. The molecule has 2 aromatic carbocycles. The average molecular weight is 401 g/mol. The molecule has 1 atom stereocenters. The largest absolute Gasteiger partial charge is 0.457 e. The van der Waals surface area contributed by atoms with Gasteiger partial charge in [0, 0.05) is 0 Å². The van der Waals surface area contributed by atoms with Gasteiger partial charge in [-0.15, -0.1) is 11.6 Å². The van der Waals surface area contributed by atoms with Gasteiger partial charge in [0.25, 0.3) is 5.56 Å². The zero-order chi connectivity index (χ0) is 20.1. The van der Waals surface area contributed by atoms with E-state index in [1.807, 2.05) is 36.4 Å². The highest BCUT2D eigenvalue weighted by Crippen LogP contribution is 2.14. The molecular weight excluding hydrogens is 380 g/mol. The maximum absolute atomic E-state index is 13.1. The van der Waals surface area contributed by atoms with E-state index in [0.29, 0.717) is 11.4 Å². The number of esters is 1. The lowest BCUT2D eigenvalue weighted by atomic mass is 10.2. The molecule has 1 aromatic heterocycles. The molecule has 0 aliphatic carbocycles. The third-order valence-corrected chi connectivity index (χ3v) is 4.73. The van der Waals surface area contributed by atoms with Crippen molar-refractivity contribution in [1.29, 1.82) is 0 Å². The first-order valence-electron chi connectivity index (χ1n) is 8.85. The second kappa shape index (κ2) is 8.91. The molecule has 0 radical (unpaired) electrons. The van der Waals surface area contributed by atoms with Crippen LogP contribution in [0.15, 0.2) is 65.5 Å². The molecule has 3 rings (SSSR count). The van der Waals surface area contributed by atoms with E-state index in [4.69, 9.17) is 16.3 Å². The summed E-state index contributed by atoms with van der Waals surface area (Å²) in [6.07, 6.45) is -0.865. The number of benzene rings is 2. The molecule has 1 heterocycles. The number of carbonyl (C=O) groups excluding carboxylic acids is 1. The maximum Gasteiger partial charge on any atom is 0.346 e. The Labute approximate surface area is 167 Å². The molecule has 3 aromatic rings. The van der Waals surface area contributed by atoms with Crippen molar-refractivity contribution in [3.8, 4) is 5.69 Å². The summed E-state index contributed by atoms with van der Waals surface area (Å²) < 4.78 is 8.28. The number of carbonyl (C=O) groups is 1. The van der Waals surface area contributed by atoms with Gasteiger partial charge < -0.3 is 9.84 Å². The Kier molecular flexibility index (Phi) is 6.34. The van der Waals surface area contributed by atoms with Crippen LogP contribution in [-0.2, 0) is 17.9 Å². The molecule has 6 nitrogen and oxygen atoms in total. The average Bonchev–Trinajstić information content (AvgIpc) is 2.97. The molecule has 0 aliphatic heterocycles. The summed E-state index contributed by atoms with van der Waals surface area (Å²) in [6, 6.07) is 18.2. The topological polar surface area (TPSA) is 73.5 Å². The van der Waals surface area contributed by atoms with Gasteiger partial charge in [0.1, 0.15) is 12.2 Å². The number of hydrogen-bond donors (Lipinski definition) is 1. The summed E-state index contributed by atoms with van der Waals surface area (Å²) in [7, 11) is 0. The van der Waals surface area contributed by atoms with Crippen LogP contribution < -0.4 is 5.56 Å². The van der Waals surface area contributed by atoms with Gasteiger partial charge in [-0.3, -0.25) is 9.48 Å². The predicted octanol–water partition coefficient (Wildman–Crippen LogP) is 2.90. The minimum absolute atomic E-state index is 0.00832. The van der Waals surface area contributed by atoms with Crippen molar-refractivity contribution in [3.05, 3.63) is 87.8 Å². The molecule has 0 saturated carbocycles. The van der Waals surface area contributed by atoms with Crippen molar-refractivity contribution in [1.82, 2.24) is 9.36 Å². The fraction of sp³-hybridized carbons (Fsp3) is 0.238. The van der Waals surface area contributed by atoms with Gasteiger partial charge in [-0.05, 0) is 24.6 Å². The van der Waals surface area contributed by atoms with Crippen LogP contribution in [0.5, 0.6) is 0 Å². The van der Waals surface area contributed by atoms with E-state index in [0.717, 1.165) is 5.56 Å². The standard InChI is InChI=1S/C21H21ClN2O4/c1-15-19(21(27)28-14-16-8-4-2-5-9-16)20(26)24(17-10-6-3-7-11-17)23(15)13-18(25)12-22/h2-11,18,25H,12-14H2,1H3. The number of halogens is 1. The summed E-state index contributed by atoms with van der Waals surface area (Å²) in [5, 5.41) is 10.0. The number of hydrogen-bond acceptors (Lipinski definition) is 4. The highest BCUT2D eigenvalue weighted by atomic mass is 35.5. The summed E-state index contributed by atoms with van der Waals surface area (Å²) in [5.74, 6) is -0.691. The number of nitrogens with zero attached hydrogens (tertiary/aromatic N) is 2. The van der Waals surface area contributed by atoms with Crippen LogP contribution in [0.3, 0.4) is 0 Å². The third-order valence-electron chi connectivity index (χ3n) is 4.38.